The molecule has 0 unspecified atom stereocenters. The van der Waals surface area contributed by atoms with E-state index < -0.39 is 0 Å². The normalized spacial score (nSPS) is 14.2. The molecule has 0 aromatic carbocycles. The van der Waals surface area contributed by atoms with Gasteiger partial charge in [0.05, 0.1) is 18.1 Å². The molecular weight excluding hydrogens is 274 g/mol. The van der Waals surface area contributed by atoms with Crippen molar-refractivity contribution in [2.45, 2.75) is 44.7 Å². The fourth-order valence-corrected chi connectivity index (χ4v) is 2.68. The molecule has 0 amide bonds. The molecule has 1 N–H and O–H groups in total. The highest BCUT2D eigenvalue weighted by Crippen LogP contribution is 2.20. The standard InChI is InChI=1S/C14H21N3O2S/c1-4-19-14(18)13-10-7-15-6-5-11(10)16-12(17-13)8-20-9(2)3/h9,15H,4-8H2,1-3H3. The monoisotopic (exact) mass is 295 g/mol. The van der Waals surface area contributed by atoms with E-state index >= 15 is 0 Å². The maximum absolute atomic E-state index is 12.1. The fraction of sp³-hybridized carbons (Fsp3) is 0.643. The van der Waals surface area contributed by atoms with Crippen molar-refractivity contribution in [3.05, 3.63) is 22.8 Å². The first-order valence-corrected chi connectivity index (χ1v) is 8.04. The molecule has 0 radical (unpaired) electrons. The summed E-state index contributed by atoms with van der Waals surface area (Å²) in [4.78, 5) is 21.1. The SMILES string of the molecule is CCOC(=O)c1nc(CSC(C)C)nc2c1CNCC2. The predicted molar refractivity (Wildman–Crippen MR) is 79.8 cm³/mol. The second-order valence-corrected chi connectivity index (χ2v) is 6.49. The summed E-state index contributed by atoms with van der Waals surface area (Å²) >= 11 is 1.78. The molecule has 0 atom stereocenters. The Hall–Kier alpha value is -1.14. The Kier molecular flexibility index (Phi) is 5.37. The summed E-state index contributed by atoms with van der Waals surface area (Å²) in [6.07, 6.45) is 0.837. The van der Waals surface area contributed by atoms with Gasteiger partial charge in [-0.05, 0) is 12.2 Å². The fourth-order valence-electron chi connectivity index (χ4n) is 2.07. The molecule has 0 fully saturated rings. The van der Waals surface area contributed by atoms with Crippen molar-refractivity contribution in [2.24, 2.45) is 0 Å². The number of nitrogens with one attached hydrogen (secondary N) is 1. The van der Waals surface area contributed by atoms with Crippen LogP contribution in [0.4, 0.5) is 0 Å². The zero-order valence-electron chi connectivity index (χ0n) is 12.2. The lowest BCUT2D eigenvalue weighted by Gasteiger charge is -2.19. The number of hydrogen-bond acceptors (Lipinski definition) is 6. The molecule has 1 aromatic rings. The lowest BCUT2D eigenvalue weighted by atomic mass is 10.1. The van der Waals surface area contributed by atoms with E-state index in [0.29, 0.717) is 24.1 Å². The molecule has 2 heterocycles. The van der Waals surface area contributed by atoms with E-state index in [9.17, 15) is 4.79 Å². The quantitative estimate of drug-likeness (QED) is 0.838. The molecule has 1 aliphatic heterocycles. The van der Waals surface area contributed by atoms with Crippen molar-refractivity contribution >= 4 is 17.7 Å². The topological polar surface area (TPSA) is 64.1 Å². The molecule has 0 aliphatic carbocycles. The van der Waals surface area contributed by atoms with Gasteiger partial charge in [0, 0.05) is 25.1 Å². The van der Waals surface area contributed by atoms with E-state index in [0.717, 1.165) is 35.8 Å². The summed E-state index contributed by atoms with van der Waals surface area (Å²) in [6.45, 7) is 7.98. The first-order chi connectivity index (χ1) is 9.61. The van der Waals surface area contributed by atoms with Gasteiger partial charge in [0.2, 0.25) is 0 Å². The maximum atomic E-state index is 12.1. The van der Waals surface area contributed by atoms with Gasteiger partial charge in [-0.25, -0.2) is 14.8 Å². The Labute approximate surface area is 123 Å². The van der Waals surface area contributed by atoms with Gasteiger partial charge >= 0.3 is 5.97 Å². The highest BCUT2D eigenvalue weighted by molar-refractivity contribution is 7.99. The van der Waals surface area contributed by atoms with Gasteiger partial charge in [-0.3, -0.25) is 0 Å². The molecule has 1 aromatic heterocycles. The Morgan fingerprint density at radius 1 is 1.45 bits per heavy atom. The highest BCUT2D eigenvalue weighted by Gasteiger charge is 2.22. The number of rotatable bonds is 5. The van der Waals surface area contributed by atoms with Crippen LogP contribution in [0.2, 0.25) is 0 Å². The minimum Gasteiger partial charge on any atom is -0.461 e. The van der Waals surface area contributed by atoms with Crippen LogP contribution in [0.5, 0.6) is 0 Å². The van der Waals surface area contributed by atoms with Gasteiger partial charge < -0.3 is 10.1 Å². The average molecular weight is 295 g/mol. The van der Waals surface area contributed by atoms with Crippen LogP contribution >= 0.6 is 11.8 Å². The molecule has 20 heavy (non-hydrogen) atoms. The number of esters is 1. The molecule has 5 nitrogen and oxygen atoms in total. The van der Waals surface area contributed by atoms with Gasteiger partial charge in [0.15, 0.2) is 5.69 Å². The van der Waals surface area contributed by atoms with E-state index in [-0.39, 0.29) is 5.97 Å². The van der Waals surface area contributed by atoms with E-state index in [1.807, 2.05) is 0 Å². The second-order valence-electron chi connectivity index (χ2n) is 4.92. The van der Waals surface area contributed by atoms with Crippen LogP contribution in [-0.4, -0.2) is 34.3 Å². The van der Waals surface area contributed by atoms with Crippen LogP contribution in [0, 0.1) is 0 Å². The van der Waals surface area contributed by atoms with Crippen molar-refractivity contribution in [3.63, 3.8) is 0 Å². The molecule has 0 saturated carbocycles. The third-order valence-electron chi connectivity index (χ3n) is 2.99. The molecule has 0 saturated heterocycles. The Balaban J connectivity index is 2.31. The van der Waals surface area contributed by atoms with Crippen molar-refractivity contribution in [1.29, 1.82) is 0 Å². The largest absolute Gasteiger partial charge is 0.461 e. The molecule has 1 aliphatic rings. The maximum Gasteiger partial charge on any atom is 0.357 e. The van der Waals surface area contributed by atoms with Gasteiger partial charge in [-0.2, -0.15) is 11.8 Å². The van der Waals surface area contributed by atoms with Crippen LogP contribution in [0.3, 0.4) is 0 Å². The predicted octanol–water partition coefficient (Wildman–Crippen LogP) is 1.94. The smallest absolute Gasteiger partial charge is 0.357 e. The van der Waals surface area contributed by atoms with Crippen LogP contribution in [0.15, 0.2) is 0 Å². The number of ether oxygens (including phenoxy) is 1. The molecular formula is C14H21N3O2S. The zero-order valence-corrected chi connectivity index (χ0v) is 13.0. The summed E-state index contributed by atoms with van der Waals surface area (Å²) in [5.41, 5.74) is 2.32. The first-order valence-electron chi connectivity index (χ1n) is 7.00. The number of carbonyl (C=O) groups excluding carboxylic acids is 1. The number of thioether (sulfide) groups is 1. The molecule has 0 spiro atoms. The Bertz CT molecular complexity index is 492. The number of aromatic nitrogens is 2. The lowest BCUT2D eigenvalue weighted by Crippen LogP contribution is -2.28. The zero-order chi connectivity index (χ0) is 14.5. The van der Waals surface area contributed by atoms with Gasteiger partial charge in [0.1, 0.15) is 5.82 Å². The third-order valence-corrected chi connectivity index (χ3v) is 4.09. The van der Waals surface area contributed by atoms with Crippen LogP contribution in [0.25, 0.3) is 0 Å². The van der Waals surface area contributed by atoms with E-state index in [2.05, 4.69) is 29.1 Å². The lowest BCUT2D eigenvalue weighted by molar-refractivity contribution is 0.0516. The Morgan fingerprint density at radius 2 is 2.25 bits per heavy atom. The van der Waals surface area contributed by atoms with Crippen molar-refractivity contribution < 1.29 is 9.53 Å². The average Bonchev–Trinajstić information content (AvgIpc) is 2.44. The van der Waals surface area contributed by atoms with Crippen LogP contribution < -0.4 is 5.32 Å². The van der Waals surface area contributed by atoms with Crippen molar-refractivity contribution in [2.75, 3.05) is 13.2 Å². The van der Waals surface area contributed by atoms with Gasteiger partial charge in [-0.1, -0.05) is 13.8 Å². The molecule has 2 rings (SSSR count). The summed E-state index contributed by atoms with van der Waals surface area (Å²) in [7, 11) is 0. The first kappa shape index (κ1) is 15.3. The summed E-state index contributed by atoms with van der Waals surface area (Å²) in [5, 5.41) is 3.77. The number of hydrogen-bond donors (Lipinski definition) is 1. The molecule has 110 valence electrons. The number of nitrogens with zero attached hydrogens (tertiary/aromatic N) is 2. The molecule has 6 heteroatoms. The number of carbonyl (C=O) groups is 1. The Morgan fingerprint density at radius 3 is 2.95 bits per heavy atom. The number of fused-ring (bicyclic) bond motifs is 1. The molecule has 0 bridgehead atoms. The summed E-state index contributed by atoms with van der Waals surface area (Å²) in [5.74, 6) is 1.11. The second kappa shape index (κ2) is 7.04. The van der Waals surface area contributed by atoms with Gasteiger partial charge in [-0.15, -0.1) is 0 Å². The van der Waals surface area contributed by atoms with Crippen LogP contribution in [0.1, 0.15) is 48.3 Å². The third kappa shape index (κ3) is 3.70. The highest BCUT2D eigenvalue weighted by atomic mass is 32.2. The van der Waals surface area contributed by atoms with Crippen LogP contribution in [-0.2, 0) is 23.5 Å². The van der Waals surface area contributed by atoms with E-state index in [1.54, 1.807) is 18.7 Å². The van der Waals surface area contributed by atoms with E-state index in [1.165, 1.54) is 0 Å². The van der Waals surface area contributed by atoms with Crippen molar-refractivity contribution in [1.82, 2.24) is 15.3 Å². The minimum atomic E-state index is -0.342. The van der Waals surface area contributed by atoms with Crippen molar-refractivity contribution in [3.8, 4) is 0 Å². The minimum absolute atomic E-state index is 0.342. The summed E-state index contributed by atoms with van der Waals surface area (Å²) < 4.78 is 5.11. The van der Waals surface area contributed by atoms with Gasteiger partial charge in [0.25, 0.3) is 0 Å². The summed E-state index contributed by atoms with van der Waals surface area (Å²) in [6, 6.07) is 0. The van der Waals surface area contributed by atoms with E-state index in [4.69, 9.17) is 4.74 Å².